The molecule has 0 aromatic rings. The number of aliphatic hydroxyl groups excluding tert-OH is 3. The van der Waals surface area contributed by atoms with E-state index in [2.05, 4.69) is 16.2 Å². The Labute approximate surface area is 195 Å². The van der Waals surface area contributed by atoms with Gasteiger partial charge < -0.3 is 24.6 Å². The number of ether oxygens (including phenoxy) is 1. The highest BCUT2D eigenvalue weighted by atomic mass is 31.2. The van der Waals surface area contributed by atoms with Gasteiger partial charge >= 0.3 is 13.8 Å². The normalized spacial score (nSPS) is 18.3. The summed E-state index contributed by atoms with van der Waals surface area (Å²) in [5.74, 6) is -4.36. The molecule has 1 aliphatic heterocycles. The summed E-state index contributed by atoms with van der Waals surface area (Å²) in [7, 11) is -5.16. The average molecular weight is 495 g/mol. The van der Waals surface area contributed by atoms with Crippen LogP contribution in [0.5, 0.6) is 0 Å². The second-order valence-electron chi connectivity index (χ2n) is 8.52. The predicted octanol–water partition coefficient (Wildman–Crippen LogP) is 3.56. The van der Waals surface area contributed by atoms with Gasteiger partial charge in [-0.1, -0.05) is 84.0 Å². The molecule has 10 nitrogen and oxygen atoms in total. The largest absolute Gasteiger partial charge is 0.525 e. The number of hydrogen-bond acceptors (Lipinski definition) is 8. The topological polar surface area (TPSA) is 171 Å². The van der Waals surface area contributed by atoms with E-state index in [-0.39, 0.29) is 6.42 Å². The molecule has 33 heavy (non-hydrogen) atoms. The van der Waals surface area contributed by atoms with E-state index in [0.717, 1.165) is 25.7 Å². The van der Waals surface area contributed by atoms with Crippen LogP contribution < -0.4 is 0 Å². The molecule has 3 atom stereocenters. The number of cyclic esters (lactones) is 1. The third-order valence-electron chi connectivity index (χ3n) is 5.62. The third kappa shape index (κ3) is 11.5. The van der Waals surface area contributed by atoms with E-state index in [9.17, 15) is 29.5 Å². The molecule has 5 N–H and O–H groups in total. The maximum absolute atomic E-state index is 12.1. The molecule has 0 aromatic carbocycles. The Balaban J connectivity index is 2.22. The molecule has 1 unspecified atom stereocenters. The van der Waals surface area contributed by atoms with Crippen molar-refractivity contribution in [2.24, 2.45) is 0 Å². The van der Waals surface area contributed by atoms with E-state index >= 15 is 0 Å². The van der Waals surface area contributed by atoms with Gasteiger partial charge in [0.25, 0.3) is 5.76 Å². The van der Waals surface area contributed by atoms with Crippen molar-refractivity contribution in [3.8, 4) is 0 Å². The summed E-state index contributed by atoms with van der Waals surface area (Å²) in [6.07, 6.45) is 9.04. The first-order valence-corrected chi connectivity index (χ1v) is 13.4. The van der Waals surface area contributed by atoms with Crippen molar-refractivity contribution in [1.29, 1.82) is 0 Å². The van der Waals surface area contributed by atoms with Crippen molar-refractivity contribution in [1.82, 2.24) is 0 Å². The molecule has 0 saturated carbocycles. The number of phosphoric ester groups is 1. The van der Waals surface area contributed by atoms with Crippen LogP contribution in [0.3, 0.4) is 0 Å². The number of carbonyl (C=O) groups excluding carboxylic acids is 2. The minimum atomic E-state index is -5.16. The van der Waals surface area contributed by atoms with Gasteiger partial charge in [-0.15, -0.1) is 0 Å². The lowest BCUT2D eigenvalue weighted by Crippen LogP contribution is -2.43. The predicted molar refractivity (Wildman–Crippen MR) is 120 cm³/mol. The van der Waals surface area contributed by atoms with Gasteiger partial charge in [0.2, 0.25) is 0 Å². The Bertz CT molecular complexity index is 687. The summed E-state index contributed by atoms with van der Waals surface area (Å²) < 4.78 is 19.5. The van der Waals surface area contributed by atoms with Crippen molar-refractivity contribution in [3.05, 3.63) is 11.5 Å². The smallest absolute Gasteiger partial charge is 0.505 e. The molecule has 0 aromatic heterocycles. The van der Waals surface area contributed by atoms with Crippen LogP contribution in [0.2, 0.25) is 0 Å². The summed E-state index contributed by atoms with van der Waals surface area (Å²) in [6, 6.07) is 0. The maximum atomic E-state index is 12.1. The molecule has 0 aliphatic carbocycles. The molecular formula is C22H39O10P. The van der Waals surface area contributed by atoms with Crippen LogP contribution in [-0.2, 0) is 23.4 Å². The van der Waals surface area contributed by atoms with Crippen molar-refractivity contribution in [3.63, 3.8) is 0 Å². The summed E-state index contributed by atoms with van der Waals surface area (Å²) in [5, 5.41) is 30.0. The summed E-state index contributed by atoms with van der Waals surface area (Å²) in [6.45, 7) is 2.21. The van der Waals surface area contributed by atoms with Crippen LogP contribution in [-0.4, -0.2) is 55.2 Å². The Morgan fingerprint density at radius 3 is 1.85 bits per heavy atom. The van der Waals surface area contributed by atoms with Gasteiger partial charge in [0.15, 0.2) is 17.6 Å². The van der Waals surface area contributed by atoms with Gasteiger partial charge in [-0.25, -0.2) is 9.36 Å². The first kappa shape index (κ1) is 29.6. The van der Waals surface area contributed by atoms with Crippen molar-refractivity contribution >= 4 is 19.6 Å². The molecular weight excluding hydrogens is 455 g/mol. The van der Waals surface area contributed by atoms with Crippen molar-refractivity contribution in [2.75, 3.05) is 0 Å². The zero-order valence-electron chi connectivity index (χ0n) is 19.4. The van der Waals surface area contributed by atoms with Crippen LogP contribution in [0.15, 0.2) is 11.5 Å². The number of ketones is 1. The SMILES string of the molecule is CCCCCCCCCCCCCCCC(=O)C(O)[C@H](O)[C@H]1OC(=O)C(OP(=O)(O)O)=C1O. The number of unbranched alkanes of at least 4 members (excludes halogenated alkanes) is 12. The average Bonchev–Trinajstić information content (AvgIpc) is 3.02. The summed E-state index contributed by atoms with van der Waals surface area (Å²) >= 11 is 0. The lowest BCUT2D eigenvalue weighted by Gasteiger charge is -2.21. The fraction of sp³-hybridized carbons (Fsp3) is 0.818. The summed E-state index contributed by atoms with van der Waals surface area (Å²) in [4.78, 5) is 41.2. The van der Waals surface area contributed by atoms with Gasteiger partial charge in [-0.05, 0) is 6.42 Å². The first-order chi connectivity index (χ1) is 15.6. The lowest BCUT2D eigenvalue weighted by molar-refractivity contribution is -0.154. The Morgan fingerprint density at radius 2 is 1.39 bits per heavy atom. The number of carbonyl (C=O) groups is 2. The molecule has 1 rings (SSSR count). The number of aliphatic hydroxyl groups is 3. The van der Waals surface area contributed by atoms with Gasteiger partial charge in [-0.3, -0.25) is 14.6 Å². The molecule has 0 saturated heterocycles. The molecule has 1 aliphatic rings. The number of hydrogen-bond donors (Lipinski definition) is 5. The van der Waals surface area contributed by atoms with Crippen LogP contribution in [0.1, 0.15) is 96.8 Å². The highest BCUT2D eigenvalue weighted by Crippen LogP contribution is 2.42. The summed E-state index contributed by atoms with van der Waals surface area (Å²) in [5.41, 5.74) is 0. The fourth-order valence-electron chi connectivity index (χ4n) is 3.71. The van der Waals surface area contributed by atoms with E-state index in [0.29, 0.717) is 6.42 Å². The second-order valence-corrected chi connectivity index (χ2v) is 9.68. The Hall–Kier alpha value is -1.45. The number of phosphoric acid groups is 1. The highest BCUT2D eigenvalue weighted by Gasteiger charge is 2.46. The van der Waals surface area contributed by atoms with Gasteiger partial charge in [-0.2, -0.15) is 0 Å². The van der Waals surface area contributed by atoms with E-state index < -0.39 is 49.4 Å². The zero-order chi connectivity index (χ0) is 24.9. The molecule has 0 bridgehead atoms. The minimum absolute atomic E-state index is 0.00691. The van der Waals surface area contributed by atoms with E-state index in [1.54, 1.807) is 0 Å². The lowest BCUT2D eigenvalue weighted by atomic mass is 9.98. The molecule has 0 fully saturated rings. The first-order valence-electron chi connectivity index (χ1n) is 11.9. The maximum Gasteiger partial charge on any atom is 0.525 e. The molecule has 192 valence electrons. The second kappa shape index (κ2) is 15.5. The van der Waals surface area contributed by atoms with Gasteiger partial charge in [0, 0.05) is 6.42 Å². The van der Waals surface area contributed by atoms with Crippen molar-refractivity contribution in [2.45, 2.75) is 115 Å². The quantitative estimate of drug-likeness (QED) is 0.102. The Morgan fingerprint density at radius 1 is 0.939 bits per heavy atom. The third-order valence-corrected chi connectivity index (χ3v) is 6.04. The molecule has 0 radical (unpaired) electrons. The van der Waals surface area contributed by atoms with E-state index in [4.69, 9.17) is 9.79 Å². The standard InChI is InChI=1S/C22H39O10P/c1-2-3-4-5-6-7-8-9-10-11-12-13-14-15-16(23)17(24)18(25)20-19(26)21(22(27)31-20)32-33(28,29)30/h17-18,20,24-26H,2-15H2,1H3,(H2,28,29,30)/t17?,18-,20+/m0/s1. The fourth-order valence-corrected chi connectivity index (χ4v) is 4.12. The monoisotopic (exact) mass is 494 g/mol. The minimum Gasteiger partial charge on any atom is -0.505 e. The van der Waals surface area contributed by atoms with Crippen LogP contribution in [0, 0.1) is 0 Å². The van der Waals surface area contributed by atoms with E-state index in [1.165, 1.54) is 51.4 Å². The van der Waals surface area contributed by atoms with Gasteiger partial charge in [0.05, 0.1) is 0 Å². The van der Waals surface area contributed by atoms with Crippen molar-refractivity contribution < 1.29 is 48.5 Å². The molecule has 0 amide bonds. The van der Waals surface area contributed by atoms with Crippen LogP contribution >= 0.6 is 7.82 Å². The van der Waals surface area contributed by atoms with E-state index in [1.807, 2.05) is 0 Å². The number of esters is 1. The molecule has 0 spiro atoms. The van der Waals surface area contributed by atoms with Crippen LogP contribution in [0.25, 0.3) is 0 Å². The Kier molecular flexibility index (Phi) is 13.9. The van der Waals surface area contributed by atoms with Gasteiger partial charge in [0.1, 0.15) is 12.2 Å². The van der Waals surface area contributed by atoms with Crippen LogP contribution in [0.4, 0.5) is 0 Å². The number of rotatable bonds is 19. The highest BCUT2D eigenvalue weighted by molar-refractivity contribution is 7.46. The molecule has 1 heterocycles. The zero-order valence-corrected chi connectivity index (χ0v) is 20.3. The molecule has 11 heteroatoms. The number of Topliss-reactive ketones (excluding diaryl/α,β-unsaturated/α-hetero) is 1.